The highest BCUT2D eigenvalue weighted by Crippen LogP contribution is 2.35. The summed E-state index contributed by atoms with van der Waals surface area (Å²) in [5.74, 6) is 4.42. The van der Waals surface area contributed by atoms with E-state index in [9.17, 15) is 0 Å². The molecular weight excluding hydrogens is 212 g/mol. The zero-order valence-electron chi connectivity index (χ0n) is 12.5. The Kier molecular flexibility index (Phi) is 7.09. The van der Waals surface area contributed by atoms with Gasteiger partial charge in [0.25, 0.3) is 0 Å². The zero-order valence-corrected chi connectivity index (χ0v) is 13.4. The third-order valence-electron chi connectivity index (χ3n) is 4.84. The molecule has 0 aromatic rings. The van der Waals surface area contributed by atoms with Crippen LogP contribution in [-0.4, -0.2) is 5.25 Å². The van der Waals surface area contributed by atoms with Crippen molar-refractivity contribution in [3.8, 4) is 0 Å². The van der Waals surface area contributed by atoms with Gasteiger partial charge in [-0.3, -0.25) is 0 Å². The Morgan fingerprint density at radius 1 is 0.500 bits per heavy atom. The van der Waals surface area contributed by atoms with Crippen LogP contribution in [0.4, 0.5) is 0 Å². The van der Waals surface area contributed by atoms with Crippen LogP contribution in [0, 0.1) is 35.5 Å². The van der Waals surface area contributed by atoms with Gasteiger partial charge in [-0.2, -0.15) is 12.6 Å². The summed E-state index contributed by atoms with van der Waals surface area (Å²) >= 11 is 4.86. The van der Waals surface area contributed by atoms with Crippen molar-refractivity contribution in [2.75, 3.05) is 0 Å². The maximum atomic E-state index is 4.86. The third-order valence-corrected chi connectivity index (χ3v) is 5.78. The largest absolute Gasteiger partial charge is 0.175 e. The molecule has 16 heavy (non-hydrogen) atoms. The Balaban J connectivity index is 4.48. The van der Waals surface area contributed by atoms with Gasteiger partial charge < -0.3 is 0 Å². The predicted molar refractivity (Wildman–Crippen MR) is 79.1 cm³/mol. The Labute approximate surface area is 109 Å². The van der Waals surface area contributed by atoms with Gasteiger partial charge in [-0.15, -0.1) is 0 Å². The van der Waals surface area contributed by atoms with E-state index in [0.717, 1.165) is 23.7 Å². The van der Waals surface area contributed by atoms with E-state index in [-0.39, 0.29) is 0 Å². The molecule has 98 valence electrons. The van der Waals surface area contributed by atoms with Gasteiger partial charge in [-0.05, 0) is 35.5 Å². The van der Waals surface area contributed by atoms with E-state index in [2.05, 4.69) is 55.4 Å². The molecule has 0 aliphatic rings. The molecule has 0 rings (SSSR count). The maximum absolute atomic E-state index is 4.86. The van der Waals surface area contributed by atoms with Crippen LogP contribution in [0.25, 0.3) is 0 Å². The van der Waals surface area contributed by atoms with Crippen molar-refractivity contribution >= 4 is 12.6 Å². The Hall–Kier alpha value is 0.350. The van der Waals surface area contributed by atoms with Crippen LogP contribution in [0.2, 0.25) is 0 Å². The molecule has 0 fully saturated rings. The average Bonchev–Trinajstić information content (AvgIpc) is 2.23. The van der Waals surface area contributed by atoms with E-state index < -0.39 is 0 Å². The molecule has 0 aromatic heterocycles. The van der Waals surface area contributed by atoms with Gasteiger partial charge >= 0.3 is 0 Å². The van der Waals surface area contributed by atoms with E-state index in [4.69, 9.17) is 12.6 Å². The lowest BCUT2D eigenvalue weighted by atomic mass is 9.74. The highest BCUT2D eigenvalue weighted by Gasteiger charge is 2.29. The monoisotopic (exact) mass is 244 g/mol. The number of thiol groups is 1. The van der Waals surface area contributed by atoms with Crippen molar-refractivity contribution in [3.05, 3.63) is 0 Å². The minimum Gasteiger partial charge on any atom is -0.175 e. The van der Waals surface area contributed by atoms with Crippen molar-refractivity contribution in [2.45, 2.75) is 60.6 Å². The molecule has 1 heteroatoms. The summed E-state index contributed by atoms with van der Waals surface area (Å²) < 4.78 is 0. The van der Waals surface area contributed by atoms with Gasteiger partial charge in [0.15, 0.2) is 0 Å². The standard InChI is InChI=1S/C15H32S/c1-9(2)11(5)13(7)14(8)15(16)12(6)10(3)4/h9-16H,1-8H3. The van der Waals surface area contributed by atoms with E-state index >= 15 is 0 Å². The summed E-state index contributed by atoms with van der Waals surface area (Å²) in [7, 11) is 0. The molecule has 5 atom stereocenters. The van der Waals surface area contributed by atoms with E-state index in [1.807, 2.05) is 0 Å². The second-order valence-corrected chi connectivity index (χ2v) is 7.01. The molecule has 0 saturated heterocycles. The minimum atomic E-state index is 0.524. The average molecular weight is 244 g/mol. The van der Waals surface area contributed by atoms with Gasteiger partial charge in [0.2, 0.25) is 0 Å². The summed E-state index contributed by atoms with van der Waals surface area (Å²) in [5, 5.41) is 0.524. The minimum absolute atomic E-state index is 0.524. The molecule has 0 saturated carbocycles. The fourth-order valence-corrected chi connectivity index (χ4v) is 2.89. The highest BCUT2D eigenvalue weighted by atomic mass is 32.1. The number of hydrogen-bond donors (Lipinski definition) is 1. The van der Waals surface area contributed by atoms with Gasteiger partial charge in [0.05, 0.1) is 0 Å². The van der Waals surface area contributed by atoms with Crippen molar-refractivity contribution in [3.63, 3.8) is 0 Å². The van der Waals surface area contributed by atoms with E-state index in [1.54, 1.807) is 0 Å². The summed E-state index contributed by atoms with van der Waals surface area (Å²) in [6.07, 6.45) is 0. The number of hydrogen-bond acceptors (Lipinski definition) is 1. The second kappa shape index (κ2) is 6.93. The van der Waals surface area contributed by atoms with Crippen molar-refractivity contribution in [2.24, 2.45) is 35.5 Å². The highest BCUT2D eigenvalue weighted by molar-refractivity contribution is 7.81. The van der Waals surface area contributed by atoms with Gasteiger partial charge in [0.1, 0.15) is 0 Å². The fourth-order valence-electron chi connectivity index (χ4n) is 2.27. The first kappa shape index (κ1) is 16.4. The van der Waals surface area contributed by atoms with Gasteiger partial charge in [-0.25, -0.2) is 0 Å². The number of rotatable bonds is 6. The molecule has 0 N–H and O–H groups in total. The SMILES string of the molecule is CC(C)C(C)C(C)C(C)C(S)C(C)C(C)C. The first-order valence-corrected chi connectivity index (χ1v) is 7.39. The van der Waals surface area contributed by atoms with Gasteiger partial charge in [0, 0.05) is 5.25 Å². The van der Waals surface area contributed by atoms with Crippen LogP contribution in [0.1, 0.15) is 55.4 Å². The molecule has 0 bridgehead atoms. The molecule has 0 aromatic carbocycles. The molecule has 0 aliphatic heterocycles. The molecule has 5 unspecified atom stereocenters. The Morgan fingerprint density at radius 2 is 0.875 bits per heavy atom. The molecule has 0 aliphatic carbocycles. The van der Waals surface area contributed by atoms with Crippen LogP contribution in [0.5, 0.6) is 0 Å². The molecular formula is C15H32S. The quantitative estimate of drug-likeness (QED) is 0.614. The first-order valence-electron chi connectivity index (χ1n) is 6.88. The van der Waals surface area contributed by atoms with Crippen molar-refractivity contribution in [1.29, 1.82) is 0 Å². The summed E-state index contributed by atoms with van der Waals surface area (Å²) in [6, 6.07) is 0. The second-order valence-electron chi connectivity index (χ2n) is 6.42. The Bertz CT molecular complexity index is 166. The lowest BCUT2D eigenvalue weighted by molar-refractivity contribution is 0.193. The lowest BCUT2D eigenvalue weighted by Gasteiger charge is -2.36. The topological polar surface area (TPSA) is 0 Å². The molecule has 0 heterocycles. The maximum Gasteiger partial charge on any atom is 0.00731 e. The normalized spacial score (nSPS) is 21.9. The van der Waals surface area contributed by atoms with E-state index in [1.165, 1.54) is 0 Å². The molecule has 0 nitrogen and oxygen atoms in total. The Morgan fingerprint density at radius 3 is 1.19 bits per heavy atom. The molecule has 0 radical (unpaired) electrons. The zero-order chi connectivity index (χ0) is 13.0. The molecule has 0 amide bonds. The van der Waals surface area contributed by atoms with Crippen LogP contribution >= 0.6 is 12.6 Å². The summed E-state index contributed by atoms with van der Waals surface area (Å²) in [4.78, 5) is 0. The smallest absolute Gasteiger partial charge is 0.00731 e. The predicted octanol–water partition coefficient (Wildman–Crippen LogP) is 5.14. The third kappa shape index (κ3) is 4.31. The molecule has 0 spiro atoms. The van der Waals surface area contributed by atoms with Crippen molar-refractivity contribution < 1.29 is 0 Å². The lowest BCUT2D eigenvalue weighted by Crippen LogP contribution is -2.32. The van der Waals surface area contributed by atoms with Crippen LogP contribution in [0.3, 0.4) is 0 Å². The van der Waals surface area contributed by atoms with Crippen LogP contribution in [0.15, 0.2) is 0 Å². The van der Waals surface area contributed by atoms with Crippen LogP contribution < -0.4 is 0 Å². The summed E-state index contributed by atoms with van der Waals surface area (Å²) in [5.41, 5.74) is 0. The fraction of sp³-hybridized carbons (Fsp3) is 1.00. The summed E-state index contributed by atoms with van der Waals surface area (Å²) in [6.45, 7) is 18.7. The van der Waals surface area contributed by atoms with Crippen LogP contribution in [-0.2, 0) is 0 Å². The first-order chi connectivity index (χ1) is 7.20. The van der Waals surface area contributed by atoms with Gasteiger partial charge in [-0.1, -0.05) is 55.4 Å². The van der Waals surface area contributed by atoms with Crippen molar-refractivity contribution in [1.82, 2.24) is 0 Å². The van der Waals surface area contributed by atoms with E-state index in [0.29, 0.717) is 17.1 Å².